The molecule has 2 bridgehead atoms. The quantitative estimate of drug-likeness (QED) is 0.316. The Balaban J connectivity index is 1.22. The van der Waals surface area contributed by atoms with Crippen molar-refractivity contribution in [1.82, 2.24) is 25.1 Å². The first-order valence-corrected chi connectivity index (χ1v) is 13.5. The third-order valence-electron chi connectivity index (χ3n) is 8.08. The van der Waals surface area contributed by atoms with Crippen LogP contribution in [0.1, 0.15) is 37.4 Å². The molecule has 2 aliphatic heterocycles. The molecule has 5 aromatic rings. The summed E-state index contributed by atoms with van der Waals surface area (Å²) in [6, 6.07) is 14.9. The summed E-state index contributed by atoms with van der Waals surface area (Å²) in [5.74, 6) is 0.826. The summed E-state index contributed by atoms with van der Waals surface area (Å²) in [6.45, 7) is 8.08. The summed E-state index contributed by atoms with van der Waals surface area (Å²) in [4.78, 5) is 24.4. The van der Waals surface area contributed by atoms with Crippen molar-refractivity contribution in [2.24, 2.45) is 7.05 Å². The van der Waals surface area contributed by atoms with E-state index in [0.717, 1.165) is 58.4 Å². The van der Waals surface area contributed by atoms with Crippen molar-refractivity contribution in [3.05, 3.63) is 70.3 Å². The van der Waals surface area contributed by atoms with Gasteiger partial charge in [0.05, 0.1) is 22.5 Å². The molecule has 7 rings (SSSR count). The summed E-state index contributed by atoms with van der Waals surface area (Å²) in [5, 5.41) is 13.6. The highest BCUT2D eigenvalue weighted by atomic mass is 16.4. The van der Waals surface area contributed by atoms with E-state index in [0.29, 0.717) is 35.1 Å². The van der Waals surface area contributed by atoms with Crippen LogP contribution < -0.4 is 21.2 Å². The minimum atomic E-state index is -0.296. The molecule has 198 valence electrons. The second-order valence-corrected chi connectivity index (χ2v) is 11.0. The van der Waals surface area contributed by atoms with Crippen LogP contribution in [0.2, 0.25) is 0 Å². The van der Waals surface area contributed by atoms with Crippen LogP contribution in [0.5, 0.6) is 0 Å². The Morgan fingerprint density at radius 2 is 2.00 bits per heavy atom. The summed E-state index contributed by atoms with van der Waals surface area (Å²) in [6.07, 6.45) is 2.86. The normalized spacial score (nSPS) is 18.6. The topological polar surface area (TPSA) is 101 Å². The molecule has 0 radical (unpaired) electrons. The Morgan fingerprint density at radius 1 is 1.13 bits per heavy atom. The zero-order chi connectivity index (χ0) is 26.8. The van der Waals surface area contributed by atoms with E-state index in [9.17, 15) is 4.79 Å². The van der Waals surface area contributed by atoms with Gasteiger partial charge in [-0.25, -0.2) is 14.8 Å². The van der Waals surface area contributed by atoms with Gasteiger partial charge in [-0.15, -0.1) is 0 Å². The van der Waals surface area contributed by atoms with Gasteiger partial charge in [0.2, 0.25) is 5.95 Å². The van der Waals surface area contributed by atoms with Crippen molar-refractivity contribution in [3.63, 3.8) is 0 Å². The molecule has 2 N–H and O–H groups in total. The number of hydrogen-bond acceptors (Lipinski definition) is 8. The van der Waals surface area contributed by atoms with Gasteiger partial charge in [-0.3, -0.25) is 4.68 Å². The summed E-state index contributed by atoms with van der Waals surface area (Å²) >= 11 is 0. The minimum Gasteiger partial charge on any atom is -0.422 e. The maximum absolute atomic E-state index is 12.8. The van der Waals surface area contributed by atoms with Gasteiger partial charge in [0.1, 0.15) is 5.58 Å². The molecule has 9 heteroatoms. The number of aryl methyl sites for hydroxylation is 1. The molecular weight excluding hydrogens is 490 g/mol. The zero-order valence-electron chi connectivity index (χ0n) is 22.5. The molecule has 0 saturated carbocycles. The molecule has 2 atom stereocenters. The molecule has 2 fully saturated rings. The van der Waals surface area contributed by atoms with Crippen molar-refractivity contribution >= 4 is 39.2 Å². The van der Waals surface area contributed by atoms with Crippen LogP contribution >= 0.6 is 0 Å². The van der Waals surface area contributed by atoms with Crippen molar-refractivity contribution in [2.45, 2.75) is 45.2 Å². The SMILES string of the molecule is Cc1c(N2CC3CC2CN3)c2ccc(Nc3nccc(-c4ccc5nn(C)c(C(C)C)c5c4)n3)cc2oc1=O. The van der Waals surface area contributed by atoms with Gasteiger partial charge in [-0.2, -0.15) is 5.10 Å². The van der Waals surface area contributed by atoms with Gasteiger partial charge in [0, 0.05) is 72.2 Å². The number of fused-ring (bicyclic) bond motifs is 4. The predicted octanol–water partition coefficient (Wildman–Crippen LogP) is 4.86. The second-order valence-electron chi connectivity index (χ2n) is 11.0. The van der Waals surface area contributed by atoms with Crippen LogP contribution in [-0.2, 0) is 7.05 Å². The highest BCUT2D eigenvalue weighted by molar-refractivity contribution is 5.94. The lowest BCUT2D eigenvalue weighted by atomic mass is 10.0. The van der Waals surface area contributed by atoms with E-state index in [1.807, 2.05) is 55.1 Å². The Labute approximate surface area is 225 Å². The first-order valence-electron chi connectivity index (χ1n) is 13.5. The maximum atomic E-state index is 12.8. The Morgan fingerprint density at radius 3 is 2.77 bits per heavy atom. The third-order valence-corrected chi connectivity index (χ3v) is 8.08. The third kappa shape index (κ3) is 3.96. The van der Waals surface area contributed by atoms with Gasteiger partial charge in [-0.1, -0.05) is 19.9 Å². The number of piperazine rings is 1. The number of nitrogens with one attached hydrogen (secondary N) is 2. The molecule has 0 amide bonds. The predicted molar refractivity (Wildman–Crippen MR) is 154 cm³/mol. The molecule has 9 nitrogen and oxygen atoms in total. The van der Waals surface area contributed by atoms with E-state index in [4.69, 9.17) is 9.40 Å². The fourth-order valence-corrected chi connectivity index (χ4v) is 6.33. The van der Waals surface area contributed by atoms with Crippen molar-refractivity contribution < 1.29 is 4.42 Å². The van der Waals surface area contributed by atoms with Crippen molar-refractivity contribution in [1.29, 1.82) is 0 Å². The fraction of sp³-hybridized carbons (Fsp3) is 0.333. The monoisotopic (exact) mass is 521 g/mol. The molecule has 0 spiro atoms. The van der Waals surface area contributed by atoms with Crippen LogP contribution in [-0.4, -0.2) is 44.9 Å². The number of benzene rings is 2. The molecule has 39 heavy (non-hydrogen) atoms. The number of rotatable bonds is 5. The Hall–Kier alpha value is -4.24. The lowest BCUT2D eigenvalue weighted by Gasteiger charge is -2.31. The number of aromatic nitrogens is 4. The first kappa shape index (κ1) is 23.8. The average Bonchev–Trinajstić information content (AvgIpc) is 3.63. The molecular formula is C30H31N7O2. The van der Waals surface area contributed by atoms with Gasteiger partial charge >= 0.3 is 5.63 Å². The second kappa shape index (κ2) is 8.91. The average molecular weight is 522 g/mol. The standard InChI is InChI=1S/C30H31N7O2/c1-16(2)27-23-11-18(5-8-25(23)35-36(27)4)24-9-10-31-30(34-24)33-19-6-7-22-26(13-19)39-29(38)17(3)28(22)37-15-20-12-21(37)14-32-20/h5-11,13,16,20-21,32H,12,14-15H2,1-4H3,(H,31,33,34). The lowest BCUT2D eigenvalue weighted by molar-refractivity contribution is 0.548. The van der Waals surface area contributed by atoms with E-state index in [-0.39, 0.29) is 5.63 Å². The van der Waals surface area contributed by atoms with Gasteiger partial charge < -0.3 is 20.0 Å². The van der Waals surface area contributed by atoms with Crippen LogP contribution in [0.15, 0.2) is 57.9 Å². The minimum absolute atomic E-state index is 0.296. The van der Waals surface area contributed by atoms with E-state index in [1.54, 1.807) is 6.20 Å². The maximum Gasteiger partial charge on any atom is 0.341 e. The van der Waals surface area contributed by atoms with Crippen LogP contribution in [0.25, 0.3) is 33.1 Å². The van der Waals surface area contributed by atoms with Crippen LogP contribution in [0.4, 0.5) is 17.3 Å². The van der Waals surface area contributed by atoms with Crippen molar-refractivity contribution in [3.8, 4) is 11.3 Å². The summed E-state index contributed by atoms with van der Waals surface area (Å²) in [7, 11) is 1.99. The highest BCUT2D eigenvalue weighted by Gasteiger charge is 2.39. The smallest absolute Gasteiger partial charge is 0.341 e. The van der Waals surface area contributed by atoms with E-state index < -0.39 is 0 Å². The summed E-state index contributed by atoms with van der Waals surface area (Å²) < 4.78 is 7.69. The van der Waals surface area contributed by atoms with Gasteiger partial charge in [0.25, 0.3) is 0 Å². The van der Waals surface area contributed by atoms with Crippen LogP contribution in [0, 0.1) is 6.92 Å². The Kier molecular flexibility index (Phi) is 5.45. The van der Waals surface area contributed by atoms with E-state index in [2.05, 4.69) is 45.5 Å². The molecule has 2 aromatic carbocycles. The largest absolute Gasteiger partial charge is 0.422 e. The number of hydrogen-bond donors (Lipinski definition) is 2. The fourth-order valence-electron chi connectivity index (χ4n) is 6.33. The molecule has 2 aliphatic rings. The number of anilines is 3. The molecule has 0 aliphatic carbocycles. The lowest BCUT2D eigenvalue weighted by Crippen LogP contribution is -2.44. The highest BCUT2D eigenvalue weighted by Crippen LogP contribution is 2.37. The first-order chi connectivity index (χ1) is 18.9. The van der Waals surface area contributed by atoms with E-state index in [1.165, 1.54) is 5.69 Å². The van der Waals surface area contributed by atoms with Gasteiger partial charge in [-0.05, 0) is 49.6 Å². The molecule has 5 heterocycles. The zero-order valence-corrected chi connectivity index (χ0v) is 22.5. The summed E-state index contributed by atoms with van der Waals surface area (Å²) in [5.41, 5.74) is 6.66. The van der Waals surface area contributed by atoms with Gasteiger partial charge in [0.15, 0.2) is 0 Å². The molecule has 3 aromatic heterocycles. The van der Waals surface area contributed by atoms with E-state index >= 15 is 0 Å². The molecule has 2 unspecified atom stereocenters. The number of nitrogens with zero attached hydrogens (tertiary/aromatic N) is 5. The van der Waals surface area contributed by atoms with Crippen LogP contribution in [0.3, 0.4) is 0 Å². The molecule has 2 saturated heterocycles. The Bertz CT molecular complexity index is 1810. The van der Waals surface area contributed by atoms with Crippen molar-refractivity contribution in [2.75, 3.05) is 23.3 Å².